The van der Waals surface area contributed by atoms with Gasteiger partial charge in [0.25, 0.3) is 0 Å². The molecular formula is C37H28N6. The van der Waals surface area contributed by atoms with E-state index in [2.05, 4.69) is 74.4 Å². The van der Waals surface area contributed by atoms with E-state index in [1.165, 1.54) is 0 Å². The van der Waals surface area contributed by atoms with Gasteiger partial charge in [-0.05, 0) is 36.4 Å². The van der Waals surface area contributed by atoms with Crippen molar-refractivity contribution in [3.05, 3.63) is 146 Å². The zero-order chi connectivity index (χ0) is 28.9. The van der Waals surface area contributed by atoms with Crippen molar-refractivity contribution in [3.63, 3.8) is 0 Å². The molecule has 5 aromatic carbocycles. The minimum atomic E-state index is 0.645. The predicted molar refractivity (Wildman–Crippen MR) is 177 cm³/mol. The highest BCUT2D eigenvalue weighted by atomic mass is 15.3. The van der Waals surface area contributed by atoms with E-state index in [1.807, 2.05) is 85.1 Å². The summed E-state index contributed by atoms with van der Waals surface area (Å²) in [6, 6.07) is 47.3. The Hall–Kier alpha value is -6.01. The number of anilines is 2. The molecule has 206 valence electrons. The molecule has 0 radical (unpaired) electrons. The zero-order valence-electron chi connectivity index (χ0n) is 23.3. The van der Waals surface area contributed by atoms with Crippen LogP contribution in [-0.2, 0) is 0 Å². The number of imidazole rings is 1. The first-order valence-electron chi connectivity index (χ1n) is 14.2. The van der Waals surface area contributed by atoms with Crippen LogP contribution in [0.1, 0.15) is 0 Å². The normalized spacial score (nSPS) is 11.4. The Morgan fingerprint density at radius 1 is 0.442 bits per heavy atom. The number of para-hydroxylation sites is 4. The summed E-state index contributed by atoms with van der Waals surface area (Å²) in [5, 5.41) is 1.90. The van der Waals surface area contributed by atoms with Gasteiger partial charge in [0.2, 0.25) is 5.95 Å². The van der Waals surface area contributed by atoms with Crippen LogP contribution in [0.3, 0.4) is 0 Å². The fraction of sp³-hybridized carbons (Fsp3) is 0. The fourth-order valence-electron chi connectivity index (χ4n) is 6.19. The second-order valence-electron chi connectivity index (χ2n) is 10.5. The van der Waals surface area contributed by atoms with Crippen LogP contribution >= 0.6 is 0 Å². The molecule has 0 bridgehead atoms. The summed E-state index contributed by atoms with van der Waals surface area (Å²) in [6.07, 6.45) is 1.93. The summed E-state index contributed by atoms with van der Waals surface area (Å²) >= 11 is 0. The van der Waals surface area contributed by atoms with Crippen molar-refractivity contribution < 1.29 is 0 Å². The lowest BCUT2D eigenvalue weighted by atomic mass is 10.1. The smallest absolute Gasteiger partial charge is 0.220 e. The third-order valence-electron chi connectivity index (χ3n) is 8.09. The van der Waals surface area contributed by atoms with Crippen molar-refractivity contribution in [2.24, 2.45) is 0 Å². The van der Waals surface area contributed by atoms with Gasteiger partial charge < -0.3 is 16.0 Å². The Kier molecular flexibility index (Phi) is 5.65. The van der Waals surface area contributed by atoms with Gasteiger partial charge in [-0.3, -0.25) is 9.13 Å². The second-order valence-corrected chi connectivity index (χ2v) is 10.5. The first-order valence-corrected chi connectivity index (χ1v) is 14.2. The van der Waals surface area contributed by atoms with Gasteiger partial charge in [0.15, 0.2) is 0 Å². The quantitative estimate of drug-likeness (QED) is 0.224. The minimum absolute atomic E-state index is 0.645. The Labute approximate surface area is 248 Å². The topological polar surface area (TPSA) is 79.7 Å². The standard InChI is InChI=1S/C37H28N6/c38-33-28-20-10-12-22-30(28)41(26-16-6-2-7-17-26)35(33)36-34(39)29-21-11-13-23-31(29)43(36)37-40-24-32(25-14-4-1-5-15-25)42(37)27-18-8-3-9-19-27/h1-24H,38-39H2. The molecular weight excluding hydrogens is 528 g/mol. The number of nitrogens with zero attached hydrogens (tertiary/aromatic N) is 4. The first-order chi connectivity index (χ1) is 21.2. The number of aromatic nitrogens is 4. The van der Waals surface area contributed by atoms with E-state index in [4.69, 9.17) is 16.5 Å². The molecule has 6 nitrogen and oxygen atoms in total. The van der Waals surface area contributed by atoms with Crippen LogP contribution in [0.15, 0.2) is 146 Å². The maximum atomic E-state index is 7.13. The summed E-state index contributed by atoms with van der Waals surface area (Å²) in [5.41, 5.74) is 23.1. The maximum absolute atomic E-state index is 7.13. The van der Waals surface area contributed by atoms with Crippen molar-refractivity contribution in [2.75, 3.05) is 11.5 Å². The third-order valence-corrected chi connectivity index (χ3v) is 8.09. The molecule has 0 spiro atoms. The van der Waals surface area contributed by atoms with Crippen molar-refractivity contribution in [2.45, 2.75) is 0 Å². The lowest BCUT2D eigenvalue weighted by Crippen LogP contribution is -2.10. The summed E-state index contributed by atoms with van der Waals surface area (Å²) in [7, 11) is 0. The largest absolute Gasteiger partial charge is 0.396 e. The maximum Gasteiger partial charge on any atom is 0.220 e. The molecule has 0 saturated heterocycles. The predicted octanol–water partition coefficient (Wildman–Crippen LogP) is 8.26. The van der Waals surface area contributed by atoms with Crippen molar-refractivity contribution in [1.29, 1.82) is 0 Å². The molecule has 0 saturated carbocycles. The minimum Gasteiger partial charge on any atom is -0.396 e. The first kappa shape index (κ1) is 24.8. The number of nitrogen functional groups attached to an aromatic ring is 2. The SMILES string of the molecule is Nc1c(-c2c(N)c3ccccc3n2-c2ncc(-c3ccccc3)n2-c2ccccc2)n(-c2ccccc2)c2ccccc12. The lowest BCUT2D eigenvalue weighted by molar-refractivity contribution is 0.920. The molecule has 3 heterocycles. The molecule has 0 aliphatic carbocycles. The van der Waals surface area contributed by atoms with Gasteiger partial charge >= 0.3 is 0 Å². The molecule has 3 aromatic heterocycles. The van der Waals surface area contributed by atoms with E-state index in [1.54, 1.807) is 0 Å². The highest BCUT2D eigenvalue weighted by molar-refractivity contribution is 6.09. The molecule has 6 heteroatoms. The summed E-state index contributed by atoms with van der Waals surface area (Å²) in [4.78, 5) is 5.10. The van der Waals surface area contributed by atoms with E-state index >= 15 is 0 Å². The summed E-state index contributed by atoms with van der Waals surface area (Å²) in [5.74, 6) is 0.720. The molecule has 0 unspecified atom stereocenters. The van der Waals surface area contributed by atoms with E-state index in [0.717, 1.165) is 61.8 Å². The van der Waals surface area contributed by atoms with Gasteiger partial charge in [-0.25, -0.2) is 4.98 Å². The molecule has 0 fully saturated rings. The number of nitrogens with two attached hydrogens (primary N) is 2. The highest BCUT2D eigenvalue weighted by Gasteiger charge is 2.28. The Bertz CT molecular complexity index is 2240. The van der Waals surface area contributed by atoms with Crippen LogP contribution in [0, 0.1) is 0 Å². The van der Waals surface area contributed by atoms with E-state index in [9.17, 15) is 0 Å². The molecule has 43 heavy (non-hydrogen) atoms. The highest BCUT2D eigenvalue weighted by Crippen LogP contribution is 2.46. The molecule has 0 amide bonds. The number of benzene rings is 5. The number of rotatable bonds is 5. The van der Waals surface area contributed by atoms with Gasteiger partial charge in [0.1, 0.15) is 0 Å². The number of fused-ring (bicyclic) bond motifs is 2. The molecule has 8 aromatic rings. The van der Waals surface area contributed by atoms with Crippen molar-refractivity contribution >= 4 is 33.2 Å². The van der Waals surface area contributed by atoms with E-state index in [-0.39, 0.29) is 0 Å². The zero-order valence-corrected chi connectivity index (χ0v) is 23.3. The molecule has 0 atom stereocenters. The number of hydrogen-bond acceptors (Lipinski definition) is 3. The number of hydrogen-bond donors (Lipinski definition) is 2. The third kappa shape index (κ3) is 3.77. The van der Waals surface area contributed by atoms with Gasteiger partial charge in [0, 0.05) is 27.7 Å². The Morgan fingerprint density at radius 3 is 1.47 bits per heavy atom. The van der Waals surface area contributed by atoms with Crippen molar-refractivity contribution in [3.8, 4) is 40.0 Å². The van der Waals surface area contributed by atoms with E-state index in [0.29, 0.717) is 11.4 Å². The second kappa shape index (κ2) is 9.82. The molecule has 0 aliphatic heterocycles. The van der Waals surface area contributed by atoms with Crippen LogP contribution in [-0.4, -0.2) is 18.7 Å². The summed E-state index contributed by atoms with van der Waals surface area (Å²) in [6.45, 7) is 0. The van der Waals surface area contributed by atoms with Crippen LogP contribution in [0.25, 0.3) is 61.8 Å². The molecule has 8 rings (SSSR count). The fourth-order valence-corrected chi connectivity index (χ4v) is 6.19. The average Bonchev–Trinajstić information content (AvgIpc) is 3.72. The van der Waals surface area contributed by atoms with E-state index < -0.39 is 0 Å². The van der Waals surface area contributed by atoms with Crippen LogP contribution in [0.4, 0.5) is 11.4 Å². The lowest BCUT2D eigenvalue weighted by Gasteiger charge is -2.18. The molecule has 4 N–H and O–H groups in total. The molecule has 0 aliphatic rings. The Balaban J connectivity index is 1.53. The Morgan fingerprint density at radius 2 is 0.884 bits per heavy atom. The van der Waals surface area contributed by atoms with Crippen LogP contribution in [0.2, 0.25) is 0 Å². The van der Waals surface area contributed by atoms with Crippen LogP contribution in [0.5, 0.6) is 0 Å². The van der Waals surface area contributed by atoms with Crippen molar-refractivity contribution in [1.82, 2.24) is 18.7 Å². The van der Waals surface area contributed by atoms with Gasteiger partial charge in [-0.15, -0.1) is 0 Å². The van der Waals surface area contributed by atoms with Gasteiger partial charge in [-0.2, -0.15) is 0 Å². The summed E-state index contributed by atoms with van der Waals surface area (Å²) < 4.78 is 6.56. The average molecular weight is 557 g/mol. The van der Waals surface area contributed by atoms with Crippen LogP contribution < -0.4 is 11.5 Å². The van der Waals surface area contributed by atoms with Gasteiger partial charge in [-0.1, -0.05) is 103 Å². The van der Waals surface area contributed by atoms with Gasteiger partial charge in [0.05, 0.1) is 45.7 Å². The monoisotopic (exact) mass is 556 g/mol.